The first-order valence-corrected chi connectivity index (χ1v) is 13.4. The van der Waals surface area contributed by atoms with Gasteiger partial charge < -0.3 is 14.8 Å². The topological polar surface area (TPSA) is 80.8 Å². The van der Waals surface area contributed by atoms with Crippen LogP contribution in [0.1, 0.15) is 41.6 Å². The molecule has 7 heteroatoms. The van der Waals surface area contributed by atoms with Crippen molar-refractivity contribution < 1.29 is 19.1 Å². The number of morpholine rings is 1. The highest BCUT2D eigenvalue weighted by Crippen LogP contribution is 2.32. The molecule has 2 aliphatic rings. The van der Waals surface area contributed by atoms with Gasteiger partial charge in [0.25, 0.3) is 0 Å². The van der Waals surface area contributed by atoms with Crippen molar-refractivity contribution >= 4 is 28.3 Å². The van der Waals surface area contributed by atoms with Crippen molar-refractivity contribution in [2.24, 2.45) is 5.92 Å². The maximum atomic E-state index is 12.7. The number of esters is 1. The summed E-state index contributed by atoms with van der Waals surface area (Å²) in [6.45, 7) is 4.37. The number of aryl methyl sites for hydroxylation is 1. The van der Waals surface area contributed by atoms with E-state index in [1.54, 1.807) is 6.20 Å². The summed E-state index contributed by atoms with van der Waals surface area (Å²) < 4.78 is 10.9. The Morgan fingerprint density at radius 2 is 1.95 bits per heavy atom. The van der Waals surface area contributed by atoms with E-state index < -0.39 is 0 Å². The lowest BCUT2D eigenvalue weighted by atomic mass is 9.94. The SMILES string of the molecule is O=C(OCCN1CCOCC1)c1cccc(CCC[C@H]2CCC(=O)C2Nc2cccc3cccnc23)c1. The fourth-order valence-electron chi connectivity index (χ4n) is 5.41. The zero-order valence-corrected chi connectivity index (χ0v) is 21.2. The van der Waals surface area contributed by atoms with Gasteiger partial charge in [-0.15, -0.1) is 0 Å². The van der Waals surface area contributed by atoms with Gasteiger partial charge >= 0.3 is 5.97 Å². The van der Waals surface area contributed by atoms with Gasteiger partial charge in [-0.05, 0) is 61.4 Å². The number of fused-ring (bicyclic) bond motifs is 1. The standard InChI is InChI=1S/C30H35N3O4/c34-27-13-12-24(29(27)32-26-11-3-8-23-10-4-14-31-28(23)26)7-1-5-22-6-2-9-25(21-22)30(35)37-20-17-33-15-18-36-19-16-33/h2-4,6,8-11,14,21,24,29,32H,1,5,7,12-13,15-20H2/t24-,29?/m0/s1. The van der Waals surface area contributed by atoms with E-state index in [-0.39, 0.29) is 17.8 Å². The van der Waals surface area contributed by atoms with Gasteiger partial charge in [-0.25, -0.2) is 4.79 Å². The maximum absolute atomic E-state index is 12.7. The summed E-state index contributed by atoms with van der Waals surface area (Å²) in [5, 5.41) is 4.58. The van der Waals surface area contributed by atoms with Gasteiger partial charge in [-0.2, -0.15) is 0 Å². The number of ketones is 1. The van der Waals surface area contributed by atoms with Crippen molar-refractivity contribution in [3.05, 3.63) is 71.9 Å². The Labute approximate surface area is 218 Å². The number of anilines is 1. The first kappa shape index (κ1) is 25.4. The number of para-hydroxylation sites is 1. The third kappa shape index (κ3) is 6.53. The number of carbonyl (C=O) groups is 2. The highest BCUT2D eigenvalue weighted by molar-refractivity contribution is 5.94. The van der Waals surface area contributed by atoms with E-state index in [9.17, 15) is 9.59 Å². The number of benzene rings is 2. The van der Waals surface area contributed by atoms with Crippen LogP contribution in [0, 0.1) is 5.92 Å². The quantitative estimate of drug-likeness (QED) is 0.410. The summed E-state index contributed by atoms with van der Waals surface area (Å²) in [4.78, 5) is 32.0. The minimum absolute atomic E-state index is 0.180. The van der Waals surface area contributed by atoms with Crippen molar-refractivity contribution in [3.8, 4) is 0 Å². The lowest BCUT2D eigenvalue weighted by Gasteiger charge is -2.26. The lowest BCUT2D eigenvalue weighted by molar-refractivity contribution is -0.118. The molecule has 2 fully saturated rings. The molecule has 2 aromatic carbocycles. The third-order valence-electron chi connectivity index (χ3n) is 7.47. The molecule has 2 atom stereocenters. The summed E-state index contributed by atoms with van der Waals surface area (Å²) in [7, 11) is 0. The van der Waals surface area contributed by atoms with Crippen molar-refractivity contribution in [2.75, 3.05) is 44.8 Å². The highest BCUT2D eigenvalue weighted by Gasteiger charge is 2.34. The van der Waals surface area contributed by atoms with E-state index in [0.717, 1.165) is 80.7 Å². The Morgan fingerprint density at radius 3 is 2.84 bits per heavy atom. The zero-order valence-electron chi connectivity index (χ0n) is 21.2. The third-order valence-corrected chi connectivity index (χ3v) is 7.47. The first-order valence-electron chi connectivity index (χ1n) is 13.4. The zero-order chi connectivity index (χ0) is 25.5. The number of hydrogen-bond acceptors (Lipinski definition) is 7. The molecule has 0 amide bonds. The summed E-state index contributed by atoms with van der Waals surface area (Å²) in [6, 6.07) is 17.6. The van der Waals surface area contributed by atoms with Gasteiger partial charge in [0.2, 0.25) is 0 Å². The summed E-state index contributed by atoms with van der Waals surface area (Å²) in [5.74, 6) is 0.295. The highest BCUT2D eigenvalue weighted by atomic mass is 16.5. The molecule has 194 valence electrons. The average molecular weight is 502 g/mol. The van der Waals surface area contributed by atoms with Crippen LogP contribution in [0.4, 0.5) is 5.69 Å². The predicted octanol–water partition coefficient (Wildman–Crippen LogP) is 4.51. The molecule has 0 spiro atoms. The van der Waals surface area contributed by atoms with Crippen LogP contribution >= 0.6 is 0 Å². The van der Waals surface area contributed by atoms with E-state index in [1.165, 1.54) is 0 Å². The fourth-order valence-corrected chi connectivity index (χ4v) is 5.41. The number of ether oxygens (including phenoxy) is 2. The second kappa shape index (κ2) is 12.3. The van der Waals surface area contributed by atoms with Crippen molar-refractivity contribution in [2.45, 2.75) is 38.1 Å². The molecule has 2 heterocycles. The fraction of sp³-hybridized carbons (Fsp3) is 0.433. The largest absolute Gasteiger partial charge is 0.461 e. The van der Waals surface area contributed by atoms with Gasteiger partial charge in [0, 0.05) is 37.6 Å². The Kier molecular flexibility index (Phi) is 8.43. The van der Waals surface area contributed by atoms with Gasteiger partial charge in [0.05, 0.1) is 36.0 Å². The summed E-state index contributed by atoms with van der Waals surface area (Å²) >= 11 is 0. The van der Waals surface area contributed by atoms with Crippen molar-refractivity contribution in [1.29, 1.82) is 0 Å². The van der Waals surface area contributed by atoms with Gasteiger partial charge in [-0.3, -0.25) is 14.7 Å². The molecule has 5 rings (SSSR count). The van der Waals surface area contributed by atoms with E-state index >= 15 is 0 Å². The van der Waals surface area contributed by atoms with E-state index in [1.807, 2.05) is 48.5 Å². The van der Waals surface area contributed by atoms with Crippen LogP contribution < -0.4 is 5.32 Å². The number of Topliss-reactive ketones (excluding diaryl/α,β-unsaturated/α-hetero) is 1. The molecule has 0 bridgehead atoms. The molecule has 37 heavy (non-hydrogen) atoms. The van der Waals surface area contributed by atoms with Crippen LogP contribution in [0.3, 0.4) is 0 Å². The van der Waals surface area contributed by atoms with Gasteiger partial charge in [0.1, 0.15) is 6.61 Å². The Bertz CT molecular complexity index is 1220. The monoisotopic (exact) mass is 501 g/mol. The molecular weight excluding hydrogens is 466 g/mol. The van der Waals surface area contributed by atoms with Crippen molar-refractivity contribution in [3.63, 3.8) is 0 Å². The van der Waals surface area contributed by atoms with Crippen LogP contribution in [0.15, 0.2) is 60.8 Å². The van der Waals surface area contributed by atoms with Crippen LogP contribution in [0.5, 0.6) is 0 Å². The molecule has 1 saturated carbocycles. The van der Waals surface area contributed by atoms with E-state index in [0.29, 0.717) is 24.5 Å². The number of rotatable bonds is 10. The van der Waals surface area contributed by atoms with E-state index in [2.05, 4.69) is 21.3 Å². The Balaban J connectivity index is 1.12. The molecule has 1 aliphatic heterocycles. The number of nitrogens with zero attached hydrogens (tertiary/aromatic N) is 2. The van der Waals surface area contributed by atoms with Gasteiger partial charge in [0.15, 0.2) is 5.78 Å². The molecule has 0 radical (unpaired) electrons. The number of carbonyl (C=O) groups excluding carboxylic acids is 2. The number of hydrogen-bond donors (Lipinski definition) is 1. The lowest BCUT2D eigenvalue weighted by Crippen LogP contribution is -2.38. The smallest absolute Gasteiger partial charge is 0.338 e. The van der Waals surface area contributed by atoms with Crippen molar-refractivity contribution in [1.82, 2.24) is 9.88 Å². The molecule has 1 unspecified atom stereocenters. The normalized spacial score (nSPS) is 20.3. The minimum atomic E-state index is -0.274. The number of pyridine rings is 1. The molecule has 1 saturated heterocycles. The first-order chi connectivity index (χ1) is 18.2. The van der Waals surface area contributed by atoms with E-state index in [4.69, 9.17) is 9.47 Å². The van der Waals surface area contributed by atoms with Crippen LogP contribution in [0.25, 0.3) is 10.9 Å². The number of nitrogens with one attached hydrogen (secondary N) is 1. The molecule has 7 nitrogen and oxygen atoms in total. The second-order valence-electron chi connectivity index (χ2n) is 9.95. The van der Waals surface area contributed by atoms with Crippen LogP contribution in [-0.4, -0.2) is 67.1 Å². The molecule has 1 N–H and O–H groups in total. The predicted molar refractivity (Wildman–Crippen MR) is 144 cm³/mol. The van der Waals surface area contributed by atoms with Crippen LogP contribution in [0.2, 0.25) is 0 Å². The Morgan fingerprint density at radius 1 is 1.11 bits per heavy atom. The van der Waals surface area contributed by atoms with Crippen LogP contribution in [-0.2, 0) is 20.7 Å². The molecule has 1 aliphatic carbocycles. The number of aromatic nitrogens is 1. The molecule has 3 aromatic rings. The molecule has 1 aromatic heterocycles. The molecular formula is C30H35N3O4. The summed E-state index contributed by atoms with van der Waals surface area (Å²) in [6.07, 6.45) is 6.09. The maximum Gasteiger partial charge on any atom is 0.338 e. The Hall–Kier alpha value is -3.29. The second-order valence-corrected chi connectivity index (χ2v) is 9.95. The summed E-state index contributed by atoms with van der Waals surface area (Å²) in [5.41, 5.74) is 3.54. The van der Waals surface area contributed by atoms with Gasteiger partial charge in [-0.1, -0.05) is 30.3 Å². The minimum Gasteiger partial charge on any atom is -0.461 e. The average Bonchev–Trinajstić information content (AvgIpc) is 3.28.